The number of carbonyl (C=O) groups is 1. The lowest BCUT2D eigenvalue weighted by molar-refractivity contribution is 0.0755. The number of carbonyl (C=O) groups excluding carboxylic acids is 1. The lowest BCUT2D eigenvalue weighted by Crippen LogP contribution is -2.32. The number of hydrogen-bond donors (Lipinski definition) is 1. The number of nitrogens with zero attached hydrogens (tertiary/aromatic N) is 1. The third-order valence-electron chi connectivity index (χ3n) is 3.70. The van der Waals surface area contributed by atoms with Gasteiger partial charge in [-0.05, 0) is 49.2 Å². The molecule has 0 saturated heterocycles. The Bertz CT molecular complexity index is 762. The maximum Gasteiger partial charge on any atom is 0.253 e. The molecule has 0 unspecified atom stereocenters. The van der Waals surface area contributed by atoms with E-state index in [1.165, 1.54) is 18.4 Å². The van der Waals surface area contributed by atoms with Gasteiger partial charge in [0.2, 0.25) is 10.0 Å². The van der Waals surface area contributed by atoms with E-state index in [0.29, 0.717) is 24.4 Å². The molecule has 0 aliphatic rings. The molecule has 0 aliphatic carbocycles. The van der Waals surface area contributed by atoms with Crippen LogP contribution >= 0.6 is 0 Å². The average Bonchev–Trinajstić information content (AvgIpc) is 3.13. The minimum atomic E-state index is -3.65. The highest BCUT2D eigenvalue weighted by molar-refractivity contribution is 7.89. The molecule has 6 nitrogen and oxygen atoms in total. The number of nitrogens with one attached hydrogen (secondary N) is 1. The van der Waals surface area contributed by atoms with E-state index in [4.69, 9.17) is 4.42 Å². The smallest absolute Gasteiger partial charge is 0.253 e. The zero-order valence-electron chi connectivity index (χ0n) is 14.6. The van der Waals surface area contributed by atoms with Gasteiger partial charge in [-0.1, -0.05) is 13.8 Å². The third-order valence-corrected chi connectivity index (χ3v) is 5.12. The number of benzene rings is 1. The van der Waals surface area contributed by atoms with Crippen LogP contribution in [0.15, 0.2) is 52.0 Å². The lowest BCUT2D eigenvalue weighted by atomic mass is 10.2. The summed E-state index contributed by atoms with van der Waals surface area (Å²) in [5.41, 5.74) is 0.492. The van der Waals surface area contributed by atoms with E-state index in [9.17, 15) is 13.2 Å². The first kappa shape index (κ1) is 19.2. The fourth-order valence-electron chi connectivity index (χ4n) is 2.48. The van der Waals surface area contributed by atoms with Crippen molar-refractivity contribution in [2.24, 2.45) is 0 Å². The zero-order chi connectivity index (χ0) is 18.3. The molecule has 136 valence electrons. The molecule has 1 heterocycles. The van der Waals surface area contributed by atoms with Gasteiger partial charge >= 0.3 is 0 Å². The standard InChI is InChI=1S/C18H24N2O4S/c1-3-11-20(12-4-2)18(21)15-7-9-17(10-8-15)25(22,23)19-14-16-6-5-13-24-16/h5-10,13,19H,3-4,11-12,14H2,1-2H3. The Morgan fingerprint density at radius 1 is 1.08 bits per heavy atom. The molecule has 0 aliphatic heterocycles. The minimum Gasteiger partial charge on any atom is -0.468 e. The molecule has 0 bridgehead atoms. The van der Waals surface area contributed by atoms with Gasteiger partial charge in [-0.3, -0.25) is 4.79 Å². The fourth-order valence-corrected chi connectivity index (χ4v) is 3.47. The normalized spacial score (nSPS) is 11.4. The number of furan rings is 1. The summed E-state index contributed by atoms with van der Waals surface area (Å²) >= 11 is 0. The molecule has 1 amide bonds. The third kappa shape index (κ3) is 5.17. The van der Waals surface area contributed by atoms with E-state index in [-0.39, 0.29) is 17.3 Å². The number of sulfonamides is 1. The first-order valence-electron chi connectivity index (χ1n) is 8.39. The van der Waals surface area contributed by atoms with Crippen LogP contribution in [-0.4, -0.2) is 32.3 Å². The maximum atomic E-state index is 12.5. The summed E-state index contributed by atoms with van der Waals surface area (Å²) in [5.74, 6) is 0.460. The molecule has 0 saturated carbocycles. The predicted molar refractivity (Wildman–Crippen MR) is 95.7 cm³/mol. The van der Waals surface area contributed by atoms with Gasteiger partial charge < -0.3 is 9.32 Å². The Hall–Kier alpha value is -2.12. The SMILES string of the molecule is CCCN(CCC)C(=O)c1ccc(S(=O)(=O)NCc2ccco2)cc1. The maximum absolute atomic E-state index is 12.5. The molecule has 1 N–H and O–H groups in total. The molecule has 1 aromatic carbocycles. The van der Waals surface area contributed by atoms with Crippen molar-refractivity contribution >= 4 is 15.9 Å². The van der Waals surface area contributed by atoms with E-state index < -0.39 is 10.0 Å². The molecular formula is C18H24N2O4S. The summed E-state index contributed by atoms with van der Waals surface area (Å²) in [5, 5.41) is 0. The predicted octanol–water partition coefficient (Wildman–Crippen LogP) is 3.02. The summed E-state index contributed by atoms with van der Waals surface area (Å²) in [6.07, 6.45) is 3.26. The molecule has 0 atom stereocenters. The highest BCUT2D eigenvalue weighted by Crippen LogP contribution is 2.14. The van der Waals surface area contributed by atoms with Crippen molar-refractivity contribution in [3.05, 3.63) is 54.0 Å². The summed E-state index contributed by atoms with van der Waals surface area (Å²) in [6, 6.07) is 9.41. The quantitative estimate of drug-likeness (QED) is 0.742. The van der Waals surface area contributed by atoms with Crippen LogP contribution in [0.5, 0.6) is 0 Å². The van der Waals surface area contributed by atoms with Gasteiger partial charge in [0.05, 0.1) is 17.7 Å². The second kappa shape index (κ2) is 8.82. The van der Waals surface area contributed by atoms with Crippen LogP contribution in [-0.2, 0) is 16.6 Å². The second-order valence-corrected chi connectivity index (χ2v) is 7.49. The summed E-state index contributed by atoms with van der Waals surface area (Å²) in [4.78, 5) is 14.4. The van der Waals surface area contributed by atoms with Crippen LogP contribution in [0.2, 0.25) is 0 Å². The van der Waals surface area contributed by atoms with Crippen LogP contribution in [0.3, 0.4) is 0 Å². The number of hydrogen-bond acceptors (Lipinski definition) is 4. The summed E-state index contributed by atoms with van der Waals surface area (Å²) in [7, 11) is -3.65. The zero-order valence-corrected chi connectivity index (χ0v) is 15.4. The van der Waals surface area contributed by atoms with Crippen molar-refractivity contribution in [1.82, 2.24) is 9.62 Å². The molecule has 25 heavy (non-hydrogen) atoms. The van der Waals surface area contributed by atoms with Gasteiger partial charge in [0.25, 0.3) is 5.91 Å². The van der Waals surface area contributed by atoms with Crippen molar-refractivity contribution in [2.75, 3.05) is 13.1 Å². The average molecular weight is 364 g/mol. The van der Waals surface area contributed by atoms with Crippen molar-refractivity contribution in [3.63, 3.8) is 0 Å². The molecular weight excluding hydrogens is 340 g/mol. The van der Waals surface area contributed by atoms with Gasteiger partial charge in [0.15, 0.2) is 0 Å². The van der Waals surface area contributed by atoms with Crippen LogP contribution in [0.4, 0.5) is 0 Å². The van der Waals surface area contributed by atoms with Crippen LogP contribution in [0.25, 0.3) is 0 Å². The topological polar surface area (TPSA) is 79.6 Å². The van der Waals surface area contributed by atoms with Gasteiger partial charge in [-0.15, -0.1) is 0 Å². The molecule has 0 radical (unpaired) electrons. The first-order valence-corrected chi connectivity index (χ1v) is 9.87. The van der Waals surface area contributed by atoms with Crippen LogP contribution in [0, 0.1) is 0 Å². The second-order valence-electron chi connectivity index (χ2n) is 5.72. The van der Waals surface area contributed by atoms with Gasteiger partial charge in [-0.2, -0.15) is 0 Å². The van der Waals surface area contributed by atoms with Crippen molar-refractivity contribution in [1.29, 1.82) is 0 Å². The molecule has 7 heteroatoms. The molecule has 1 aromatic heterocycles. The van der Waals surface area contributed by atoms with Crippen molar-refractivity contribution in [3.8, 4) is 0 Å². The van der Waals surface area contributed by atoms with Gasteiger partial charge in [-0.25, -0.2) is 13.1 Å². The highest BCUT2D eigenvalue weighted by Gasteiger charge is 2.17. The summed E-state index contributed by atoms with van der Waals surface area (Å²) < 4.78 is 32.2. The van der Waals surface area contributed by atoms with Crippen LogP contribution in [0.1, 0.15) is 42.8 Å². The molecule has 0 spiro atoms. The number of amides is 1. The molecule has 0 fully saturated rings. The highest BCUT2D eigenvalue weighted by atomic mass is 32.2. The summed E-state index contributed by atoms with van der Waals surface area (Å²) in [6.45, 7) is 5.51. The largest absolute Gasteiger partial charge is 0.468 e. The van der Waals surface area contributed by atoms with Crippen LogP contribution < -0.4 is 4.72 Å². The van der Waals surface area contributed by atoms with Gasteiger partial charge in [0.1, 0.15) is 5.76 Å². The Labute approximate surface area is 148 Å². The van der Waals surface area contributed by atoms with E-state index in [0.717, 1.165) is 12.8 Å². The Morgan fingerprint density at radius 3 is 2.24 bits per heavy atom. The molecule has 2 rings (SSSR count). The van der Waals surface area contributed by atoms with E-state index in [2.05, 4.69) is 4.72 Å². The van der Waals surface area contributed by atoms with Crippen molar-refractivity contribution in [2.45, 2.75) is 38.1 Å². The number of rotatable bonds is 9. The lowest BCUT2D eigenvalue weighted by Gasteiger charge is -2.21. The first-order chi connectivity index (χ1) is 12.0. The monoisotopic (exact) mass is 364 g/mol. The van der Waals surface area contributed by atoms with Gasteiger partial charge in [0, 0.05) is 18.7 Å². The Morgan fingerprint density at radius 2 is 1.72 bits per heavy atom. The Kier molecular flexibility index (Phi) is 6.78. The Balaban J connectivity index is 2.08. The van der Waals surface area contributed by atoms with Crippen molar-refractivity contribution < 1.29 is 17.6 Å². The fraction of sp³-hybridized carbons (Fsp3) is 0.389. The molecule has 2 aromatic rings. The van der Waals surface area contributed by atoms with E-state index >= 15 is 0 Å². The van der Waals surface area contributed by atoms with E-state index in [1.54, 1.807) is 29.2 Å². The van der Waals surface area contributed by atoms with E-state index in [1.807, 2.05) is 13.8 Å². The minimum absolute atomic E-state index is 0.0730.